The summed E-state index contributed by atoms with van der Waals surface area (Å²) in [5, 5.41) is 0. The highest BCUT2D eigenvalue weighted by atomic mass is 19.1. The summed E-state index contributed by atoms with van der Waals surface area (Å²) in [7, 11) is 0. The maximum atomic E-state index is 12.9. The standard InChI is InChI=1S/C20H17FN2O4/c1-13-3-2-10-23-18(25)11-16(22-20(13)23)12-27-19(26)9-8-17(24)14-4-6-15(21)7-5-14/h2-7,10-11H,8-9,12H2,1H3. The first-order chi connectivity index (χ1) is 12.9. The SMILES string of the molecule is Cc1cccn2c(=O)cc(COC(=O)CCC(=O)c3ccc(F)cc3)nc12. The highest BCUT2D eigenvalue weighted by molar-refractivity contribution is 5.97. The summed E-state index contributed by atoms with van der Waals surface area (Å²) in [4.78, 5) is 40.3. The summed E-state index contributed by atoms with van der Waals surface area (Å²) >= 11 is 0. The Morgan fingerprint density at radius 3 is 2.63 bits per heavy atom. The van der Waals surface area contributed by atoms with Crippen LogP contribution in [0.3, 0.4) is 0 Å². The Labute approximate surface area is 154 Å². The fourth-order valence-corrected chi connectivity index (χ4v) is 2.61. The second kappa shape index (κ2) is 7.90. The summed E-state index contributed by atoms with van der Waals surface area (Å²) in [6, 6.07) is 10.0. The van der Waals surface area contributed by atoms with Gasteiger partial charge in [0, 0.05) is 24.2 Å². The van der Waals surface area contributed by atoms with Gasteiger partial charge in [0.05, 0.1) is 12.1 Å². The number of hydrogen-bond donors (Lipinski definition) is 0. The predicted molar refractivity (Wildman–Crippen MR) is 96.0 cm³/mol. The second-order valence-corrected chi connectivity index (χ2v) is 6.06. The maximum absolute atomic E-state index is 12.9. The van der Waals surface area contributed by atoms with Gasteiger partial charge in [-0.1, -0.05) is 6.07 Å². The fraction of sp³-hybridized carbons (Fsp3) is 0.200. The number of ether oxygens (including phenoxy) is 1. The first-order valence-electron chi connectivity index (χ1n) is 8.36. The summed E-state index contributed by atoms with van der Waals surface area (Å²) in [6.45, 7) is 1.68. The van der Waals surface area contributed by atoms with Gasteiger partial charge in [0.1, 0.15) is 18.1 Å². The molecule has 0 amide bonds. The molecular weight excluding hydrogens is 351 g/mol. The number of pyridine rings is 1. The van der Waals surface area contributed by atoms with Crippen LogP contribution < -0.4 is 5.56 Å². The van der Waals surface area contributed by atoms with Crippen molar-refractivity contribution in [3.63, 3.8) is 0 Å². The molecule has 3 aromatic rings. The molecule has 0 bridgehead atoms. The first-order valence-corrected chi connectivity index (χ1v) is 8.36. The molecule has 27 heavy (non-hydrogen) atoms. The minimum Gasteiger partial charge on any atom is -0.459 e. The number of aromatic nitrogens is 2. The van der Waals surface area contributed by atoms with Crippen molar-refractivity contribution in [2.45, 2.75) is 26.4 Å². The molecule has 7 heteroatoms. The number of carbonyl (C=O) groups excluding carboxylic acids is 2. The lowest BCUT2D eigenvalue weighted by molar-refractivity contribution is -0.145. The number of benzene rings is 1. The number of ketones is 1. The zero-order valence-corrected chi connectivity index (χ0v) is 14.6. The maximum Gasteiger partial charge on any atom is 0.306 e. The minimum atomic E-state index is -0.572. The van der Waals surface area contributed by atoms with Gasteiger partial charge in [-0.25, -0.2) is 9.37 Å². The van der Waals surface area contributed by atoms with Crippen LogP contribution in [0.1, 0.15) is 34.5 Å². The molecule has 0 aliphatic heterocycles. The zero-order valence-electron chi connectivity index (χ0n) is 14.6. The van der Waals surface area contributed by atoms with Crippen LogP contribution >= 0.6 is 0 Å². The Bertz CT molecular complexity index is 1060. The number of carbonyl (C=O) groups is 2. The molecule has 138 valence electrons. The lowest BCUT2D eigenvalue weighted by atomic mass is 10.1. The van der Waals surface area contributed by atoms with Gasteiger partial charge in [-0.15, -0.1) is 0 Å². The normalized spacial score (nSPS) is 10.7. The summed E-state index contributed by atoms with van der Waals surface area (Å²) in [6.07, 6.45) is 1.47. The number of esters is 1. The van der Waals surface area contributed by atoms with E-state index >= 15 is 0 Å². The molecule has 2 aromatic heterocycles. The number of aryl methyl sites for hydroxylation is 1. The van der Waals surface area contributed by atoms with Crippen LogP contribution in [0.2, 0.25) is 0 Å². The van der Waals surface area contributed by atoms with Gasteiger partial charge in [-0.05, 0) is 42.8 Å². The third-order valence-corrected chi connectivity index (χ3v) is 4.04. The number of fused-ring (bicyclic) bond motifs is 1. The van der Waals surface area contributed by atoms with E-state index in [4.69, 9.17) is 4.74 Å². The smallest absolute Gasteiger partial charge is 0.306 e. The molecule has 3 rings (SSSR count). The van der Waals surface area contributed by atoms with Gasteiger partial charge >= 0.3 is 5.97 Å². The van der Waals surface area contributed by atoms with Crippen LogP contribution in [-0.2, 0) is 16.1 Å². The molecule has 0 N–H and O–H groups in total. The van der Waals surface area contributed by atoms with Gasteiger partial charge in [-0.3, -0.25) is 18.8 Å². The van der Waals surface area contributed by atoms with Crippen molar-refractivity contribution in [1.29, 1.82) is 0 Å². The molecule has 0 atom stereocenters. The van der Waals surface area contributed by atoms with Crippen molar-refractivity contribution < 1.29 is 18.7 Å². The van der Waals surface area contributed by atoms with Gasteiger partial charge in [0.15, 0.2) is 5.78 Å². The van der Waals surface area contributed by atoms with Gasteiger partial charge < -0.3 is 4.74 Å². The molecule has 0 aliphatic rings. The molecule has 0 radical (unpaired) electrons. The zero-order chi connectivity index (χ0) is 19.4. The third kappa shape index (κ3) is 4.44. The molecule has 0 saturated carbocycles. The van der Waals surface area contributed by atoms with Crippen LogP contribution in [0.4, 0.5) is 4.39 Å². The van der Waals surface area contributed by atoms with E-state index in [-0.39, 0.29) is 30.8 Å². The number of rotatable bonds is 6. The van der Waals surface area contributed by atoms with Gasteiger partial charge in [0.25, 0.3) is 5.56 Å². The van der Waals surface area contributed by atoms with Crippen LogP contribution in [0.15, 0.2) is 53.5 Å². The minimum absolute atomic E-state index is 0.0443. The highest BCUT2D eigenvalue weighted by Crippen LogP contribution is 2.09. The van der Waals surface area contributed by atoms with Crippen molar-refractivity contribution in [3.8, 4) is 0 Å². The summed E-state index contributed by atoms with van der Waals surface area (Å²) in [5.41, 5.74) is 1.74. The Balaban J connectivity index is 1.58. The predicted octanol–water partition coefficient (Wildman–Crippen LogP) is 2.85. The van der Waals surface area contributed by atoms with Crippen molar-refractivity contribution in [1.82, 2.24) is 9.38 Å². The number of Topliss-reactive ketones (excluding diaryl/α,β-unsaturated/α-hetero) is 1. The van der Waals surface area contributed by atoms with E-state index in [9.17, 15) is 18.8 Å². The molecular formula is C20H17FN2O4. The Kier molecular flexibility index (Phi) is 5.40. The van der Waals surface area contributed by atoms with E-state index in [2.05, 4.69) is 4.98 Å². The molecule has 6 nitrogen and oxygen atoms in total. The van der Waals surface area contributed by atoms with Crippen LogP contribution in [-0.4, -0.2) is 21.1 Å². The molecule has 1 aromatic carbocycles. The number of halogens is 1. The number of nitrogens with zero attached hydrogens (tertiary/aromatic N) is 2. The van der Waals surface area contributed by atoms with Crippen LogP contribution in [0.5, 0.6) is 0 Å². The average Bonchev–Trinajstić information content (AvgIpc) is 2.66. The topological polar surface area (TPSA) is 77.7 Å². The monoisotopic (exact) mass is 368 g/mol. The fourth-order valence-electron chi connectivity index (χ4n) is 2.61. The third-order valence-electron chi connectivity index (χ3n) is 4.04. The van der Waals surface area contributed by atoms with E-state index in [0.717, 1.165) is 5.56 Å². The van der Waals surface area contributed by atoms with Gasteiger partial charge in [0.2, 0.25) is 0 Å². The van der Waals surface area contributed by atoms with E-state index in [1.54, 1.807) is 12.3 Å². The van der Waals surface area contributed by atoms with Gasteiger partial charge in [-0.2, -0.15) is 0 Å². The highest BCUT2D eigenvalue weighted by Gasteiger charge is 2.12. The lowest BCUT2D eigenvalue weighted by Crippen LogP contribution is -2.17. The van der Waals surface area contributed by atoms with Crippen molar-refractivity contribution in [2.75, 3.05) is 0 Å². The summed E-state index contributed by atoms with van der Waals surface area (Å²) in [5.74, 6) is -1.28. The van der Waals surface area contributed by atoms with E-state index in [1.165, 1.54) is 34.7 Å². The lowest BCUT2D eigenvalue weighted by Gasteiger charge is -2.07. The molecule has 0 unspecified atom stereocenters. The van der Waals surface area contributed by atoms with E-state index in [0.29, 0.717) is 16.9 Å². The van der Waals surface area contributed by atoms with Crippen molar-refractivity contribution in [3.05, 3.63) is 81.7 Å². The Morgan fingerprint density at radius 1 is 1.15 bits per heavy atom. The molecule has 0 aliphatic carbocycles. The molecule has 2 heterocycles. The van der Waals surface area contributed by atoms with E-state index < -0.39 is 11.8 Å². The second-order valence-electron chi connectivity index (χ2n) is 6.06. The van der Waals surface area contributed by atoms with Crippen molar-refractivity contribution in [2.24, 2.45) is 0 Å². The molecule has 0 fully saturated rings. The number of hydrogen-bond acceptors (Lipinski definition) is 5. The molecule has 0 saturated heterocycles. The average molecular weight is 368 g/mol. The van der Waals surface area contributed by atoms with Crippen LogP contribution in [0, 0.1) is 12.7 Å². The van der Waals surface area contributed by atoms with Crippen LogP contribution in [0.25, 0.3) is 5.65 Å². The van der Waals surface area contributed by atoms with Crippen molar-refractivity contribution >= 4 is 17.4 Å². The first kappa shape index (κ1) is 18.4. The molecule has 0 spiro atoms. The van der Waals surface area contributed by atoms with E-state index in [1.807, 2.05) is 13.0 Å². The Morgan fingerprint density at radius 2 is 1.89 bits per heavy atom. The summed E-state index contributed by atoms with van der Waals surface area (Å²) < 4.78 is 19.4. The Hall–Kier alpha value is -3.35. The quantitative estimate of drug-likeness (QED) is 0.494. The largest absolute Gasteiger partial charge is 0.459 e.